The minimum Gasteiger partial charge on any atom is -0.462 e. The average Bonchev–Trinajstić information content (AvgIpc) is 2.75. The number of furan rings is 1. The SMILES string of the molecule is Clc1ccc(-c2coc3c(Cl)cccc23)cc1. The third-order valence-corrected chi connectivity index (χ3v) is 3.26. The van der Waals surface area contributed by atoms with Crippen molar-refractivity contribution in [1.82, 2.24) is 0 Å². The van der Waals surface area contributed by atoms with Gasteiger partial charge in [-0.05, 0) is 23.8 Å². The monoisotopic (exact) mass is 262 g/mol. The molecule has 0 atom stereocenters. The van der Waals surface area contributed by atoms with E-state index in [0.29, 0.717) is 5.02 Å². The Bertz CT molecular complexity index is 668. The van der Waals surface area contributed by atoms with Crippen LogP contribution in [-0.2, 0) is 0 Å². The van der Waals surface area contributed by atoms with Crippen LogP contribution in [0.5, 0.6) is 0 Å². The summed E-state index contributed by atoms with van der Waals surface area (Å²) in [6.45, 7) is 0. The molecule has 1 aromatic heterocycles. The molecule has 3 heteroatoms. The number of rotatable bonds is 1. The first kappa shape index (κ1) is 10.7. The lowest BCUT2D eigenvalue weighted by Crippen LogP contribution is -1.75. The Kier molecular flexibility index (Phi) is 2.58. The van der Waals surface area contributed by atoms with Crippen LogP contribution >= 0.6 is 23.2 Å². The highest BCUT2D eigenvalue weighted by Crippen LogP contribution is 2.34. The zero-order valence-corrected chi connectivity index (χ0v) is 10.3. The van der Waals surface area contributed by atoms with E-state index in [2.05, 4.69) is 0 Å². The Balaban J connectivity index is 2.24. The van der Waals surface area contributed by atoms with Crippen molar-refractivity contribution in [2.45, 2.75) is 0 Å². The number of hydrogen-bond acceptors (Lipinski definition) is 1. The lowest BCUT2D eigenvalue weighted by molar-refractivity contribution is 0.617. The highest BCUT2D eigenvalue weighted by atomic mass is 35.5. The van der Waals surface area contributed by atoms with E-state index in [0.717, 1.165) is 27.1 Å². The van der Waals surface area contributed by atoms with Crippen LogP contribution in [-0.4, -0.2) is 0 Å². The maximum absolute atomic E-state index is 6.07. The van der Waals surface area contributed by atoms with Crippen molar-refractivity contribution in [3.05, 3.63) is 58.8 Å². The molecule has 0 aliphatic rings. The molecule has 0 saturated carbocycles. The summed E-state index contributed by atoms with van der Waals surface area (Å²) in [7, 11) is 0. The summed E-state index contributed by atoms with van der Waals surface area (Å²) in [5, 5.41) is 2.36. The second kappa shape index (κ2) is 4.10. The Labute approximate surface area is 109 Å². The molecule has 1 nitrogen and oxygen atoms in total. The Morgan fingerprint density at radius 3 is 2.41 bits per heavy atom. The van der Waals surface area contributed by atoms with Gasteiger partial charge in [-0.25, -0.2) is 0 Å². The Morgan fingerprint density at radius 2 is 1.65 bits per heavy atom. The van der Waals surface area contributed by atoms with Crippen LogP contribution in [0.1, 0.15) is 0 Å². The molecule has 3 rings (SSSR count). The lowest BCUT2D eigenvalue weighted by Gasteiger charge is -1.98. The van der Waals surface area contributed by atoms with Gasteiger partial charge in [-0.3, -0.25) is 0 Å². The summed E-state index contributed by atoms with van der Waals surface area (Å²) >= 11 is 11.9. The van der Waals surface area contributed by atoms with Gasteiger partial charge in [0.15, 0.2) is 5.58 Å². The second-order valence-electron chi connectivity index (χ2n) is 3.77. The van der Waals surface area contributed by atoms with Gasteiger partial charge in [0.1, 0.15) is 0 Å². The molecule has 0 unspecified atom stereocenters. The van der Waals surface area contributed by atoms with Gasteiger partial charge in [-0.1, -0.05) is 47.5 Å². The average molecular weight is 263 g/mol. The summed E-state index contributed by atoms with van der Waals surface area (Å²) in [4.78, 5) is 0. The van der Waals surface area contributed by atoms with Gasteiger partial charge in [-0.15, -0.1) is 0 Å². The zero-order chi connectivity index (χ0) is 11.8. The largest absolute Gasteiger partial charge is 0.462 e. The van der Waals surface area contributed by atoms with E-state index in [9.17, 15) is 0 Å². The van der Waals surface area contributed by atoms with Crippen molar-refractivity contribution in [2.75, 3.05) is 0 Å². The lowest BCUT2D eigenvalue weighted by atomic mass is 10.1. The van der Waals surface area contributed by atoms with Crippen LogP contribution < -0.4 is 0 Å². The topological polar surface area (TPSA) is 13.1 Å². The summed E-state index contributed by atoms with van der Waals surface area (Å²) in [5.74, 6) is 0. The van der Waals surface area contributed by atoms with E-state index in [1.54, 1.807) is 6.26 Å². The molecule has 0 radical (unpaired) electrons. The number of fused-ring (bicyclic) bond motifs is 1. The quantitative estimate of drug-likeness (QED) is 0.572. The molecule has 84 valence electrons. The van der Waals surface area contributed by atoms with Gasteiger partial charge in [0, 0.05) is 16.0 Å². The van der Waals surface area contributed by atoms with E-state index in [-0.39, 0.29) is 0 Å². The van der Waals surface area contributed by atoms with Crippen LogP contribution in [0.4, 0.5) is 0 Å². The summed E-state index contributed by atoms with van der Waals surface area (Å²) in [6, 6.07) is 13.4. The molecule has 0 aliphatic carbocycles. The van der Waals surface area contributed by atoms with Gasteiger partial charge in [0.05, 0.1) is 11.3 Å². The second-order valence-corrected chi connectivity index (χ2v) is 4.62. The molecule has 0 amide bonds. The number of halogens is 2. The van der Waals surface area contributed by atoms with Crippen molar-refractivity contribution in [3.63, 3.8) is 0 Å². The Morgan fingerprint density at radius 1 is 0.882 bits per heavy atom. The van der Waals surface area contributed by atoms with Crippen molar-refractivity contribution >= 4 is 34.2 Å². The molecule has 0 bridgehead atoms. The smallest absolute Gasteiger partial charge is 0.153 e. The highest BCUT2D eigenvalue weighted by molar-refractivity contribution is 6.35. The van der Waals surface area contributed by atoms with Gasteiger partial charge in [0.25, 0.3) is 0 Å². The minimum atomic E-state index is 0.628. The maximum Gasteiger partial charge on any atom is 0.153 e. The number of para-hydroxylation sites is 1. The van der Waals surface area contributed by atoms with E-state index < -0.39 is 0 Å². The first-order chi connectivity index (χ1) is 8.25. The van der Waals surface area contributed by atoms with E-state index >= 15 is 0 Å². The fraction of sp³-hybridized carbons (Fsp3) is 0. The van der Waals surface area contributed by atoms with Gasteiger partial charge in [-0.2, -0.15) is 0 Å². The Hall–Kier alpha value is -1.44. The highest BCUT2D eigenvalue weighted by Gasteiger charge is 2.09. The molecule has 0 N–H and O–H groups in total. The van der Waals surface area contributed by atoms with Crippen LogP contribution in [0.3, 0.4) is 0 Å². The van der Waals surface area contributed by atoms with Crippen molar-refractivity contribution in [1.29, 1.82) is 0 Å². The standard InChI is InChI=1S/C14H8Cl2O/c15-10-6-4-9(5-7-10)12-8-17-14-11(12)2-1-3-13(14)16/h1-8H. The van der Waals surface area contributed by atoms with Crippen molar-refractivity contribution < 1.29 is 4.42 Å². The first-order valence-corrected chi connectivity index (χ1v) is 5.93. The molecule has 0 fully saturated rings. The molecule has 0 spiro atoms. The normalized spacial score (nSPS) is 10.9. The van der Waals surface area contributed by atoms with Gasteiger partial charge >= 0.3 is 0 Å². The number of benzene rings is 2. The summed E-state index contributed by atoms with van der Waals surface area (Å²) in [5.41, 5.74) is 2.81. The third-order valence-electron chi connectivity index (χ3n) is 2.71. The van der Waals surface area contributed by atoms with Crippen LogP contribution in [0, 0.1) is 0 Å². The maximum atomic E-state index is 6.07. The summed E-state index contributed by atoms with van der Waals surface area (Å²) < 4.78 is 5.50. The molecular weight excluding hydrogens is 255 g/mol. The first-order valence-electron chi connectivity index (χ1n) is 5.17. The predicted octanol–water partition coefficient (Wildman–Crippen LogP) is 5.41. The molecule has 2 aromatic carbocycles. The van der Waals surface area contributed by atoms with Gasteiger partial charge in [0.2, 0.25) is 0 Å². The van der Waals surface area contributed by atoms with E-state index in [1.165, 1.54) is 0 Å². The third kappa shape index (κ3) is 1.82. The fourth-order valence-electron chi connectivity index (χ4n) is 1.88. The molecular formula is C14H8Cl2O. The molecule has 0 saturated heterocycles. The number of hydrogen-bond donors (Lipinski definition) is 0. The fourth-order valence-corrected chi connectivity index (χ4v) is 2.22. The minimum absolute atomic E-state index is 0.628. The van der Waals surface area contributed by atoms with Crippen LogP contribution in [0.25, 0.3) is 22.1 Å². The van der Waals surface area contributed by atoms with E-state index in [1.807, 2.05) is 42.5 Å². The van der Waals surface area contributed by atoms with Gasteiger partial charge < -0.3 is 4.42 Å². The van der Waals surface area contributed by atoms with Crippen LogP contribution in [0.15, 0.2) is 53.1 Å². The van der Waals surface area contributed by atoms with Crippen molar-refractivity contribution in [3.8, 4) is 11.1 Å². The predicted molar refractivity (Wildman–Crippen MR) is 71.7 cm³/mol. The zero-order valence-electron chi connectivity index (χ0n) is 8.78. The molecule has 3 aromatic rings. The molecule has 0 aliphatic heterocycles. The molecule has 1 heterocycles. The molecule has 17 heavy (non-hydrogen) atoms. The summed E-state index contributed by atoms with van der Waals surface area (Å²) in [6.07, 6.45) is 1.72. The van der Waals surface area contributed by atoms with E-state index in [4.69, 9.17) is 27.6 Å². The van der Waals surface area contributed by atoms with Crippen molar-refractivity contribution in [2.24, 2.45) is 0 Å². The van der Waals surface area contributed by atoms with Crippen LogP contribution in [0.2, 0.25) is 10.0 Å².